The minimum absolute atomic E-state index is 0.0311. The molecule has 3 aliphatic rings. The molecule has 0 spiro atoms. The van der Waals surface area contributed by atoms with Crippen molar-refractivity contribution in [3.63, 3.8) is 0 Å². The van der Waals surface area contributed by atoms with Gasteiger partial charge in [0.05, 0.1) is 17.9 Å². The monoisotopic (exact) mass is 556 g/mol. The molecule has 206 valence electrons. The lowest BCUT2D eigenvalue weighted by atomic mass is 10.1. The van der Waals surface area contributed by atoms with Crippen molar-refractivity contribution >= 4 is 40.5 Å². The molecule has 1 saturated heterocycles. The van der Waals surface area contributed by atoms with Gasteiger partial charge in [-0.2, -0.15) is 0 Å². The number of imidazole rings is 1. The van der Waals surface area contributed by atoms with E-state index in [1.165, 1.54) is 30.4 Å². The molecular weight excluding hydrogens is 524 g/mol. The highest BCUT2D eigenvalue weighted by Gasteiger charge is 2.44. The molecule has 1 unspecified atom stereocenters. The van der Waals surface area contributed by atoms with Gasteiger partial charge in [-0.15, -0.1) is 0 Å². The van der Waals surface area contributed by atoms with Gasteiger partial charge >= 0.3 is 0 Å². The number of hydrogen-bond donors (Lipinski definition) is 3. The summed E-state index contributed by atoms with van der Waals surface area (Å²) in [5, 5.41) is 10.4. The fourth-order valence-corrected chi connectivity index (χ4v) is 6.04. The number of aromatic nitrogens is 4. The van der Waals surface area contributed by atoms with Crippen molar-refractivity contribution in [1.29, 1.82) is 0 Å². The van der Waals surface area contributed by atoms with E-state index in [1.54, 1.807) is 6.07 Å². The van der Waals surface area contributed by atoms with E-state index in [0.717, 1.165) is 42.8 Å². The van der Waals surface area contributed by atoms with Gasteiger partial charge in [0.15, 0.2) is 5.65 Å². The van der Waals surface area contributed by atoms with Crippen molar-refractivity contribution in [3.8, 4) is 0 Å². The van der Waals surface area contributed by atoms with E-state index in [9.17, 15) is 4.79 Å². The van der Waals surface area contributed by atoms with Crippen LogP contribution in [0.2, 0.25) is 5.02 Å². The Hall–Kier alpha value is -3.69. The molecule has 4 heterocycles. The topological polar surface area (TPSA) is 99.5 Å². The van der Waals surface area contributed by atoms with Crippen molar-refractivity contribution in [3.05, 3.63) is 77.0 Å². The first-order valence-electron chi connectivity index (χ1n) is 14.1. The molecule has 3 N–H and O–H groups in total. The molecule has 3 atom stereocenters. The molecule has 4 aromatic rings. The van der Waals surface area contributed by atoms with E-state index >= 15 is 0 Å². The summed E-state index contributed by atoms with van der Waals surface area (Å²) in [6.07, 6.45) is 10.3. The summed E-state index contributed by atoms with van der Waals surface area (Å²) in [6.45, 7) is 2.55. The Kier molecular flexibility index (Phi) is 6.56. The summed E-state index contributed by atoms with van der Waals surface area (Å²) < 4.78 is 2.18. The number of pyridine rings is 1. The molecule has 2 saturated carbocycles. The van der Waals surface area contributed by atoms with Crippen LogP contribution in [0.15, 0.2) is 55.1 Å². The predicted octanol–water partition coefficient (Wildman–Crippen LogP) is 4.81. The van der Waals surface area contributed by atoms with Crippen LogP contribution in [-0.4, -0.2) is 51.4 Å². The maximum Gasteiger partial charge on any atom is 0.229 e. The average Bonchev–Trinajstić information content (AvgIpc) is 3.88. The van der Waals surface area contributed by atoms with Crippen LogP contribution in [-0.2, 0) is 11.3 Å². The molecule has 1 aliphatic heterocycles. The van der Waals surface area contributed by atoms with Gasteiger partial charge in [-0.1, -0.05) is 23.7 Å². The van der Waals surface area contributed by atoms with Crippen LogP contribution >= 0.6 is 11.6 Å². The van der Waals surface area contributed by atoms with Gasteiger partial charge < -0.3 is 25.3 Å². The van der Waals surface area contributed by atoms with Crippen molar-refractivity contribution in [1.82, 2.24) is 24.7 Å². The van der Waals surface area contributed by atoms with Gasteiger partial charge in [0.1, 0.15) is 18.0 Å². The summed E-state index contributed by atoms with van der Waals surface area (Å²) in [7, 11) is 2.04. The first-order valence-corrected chi connectivity index (χ1v) is 14.5. The van der Waals surface area contributed by atoms with Crippen LogP contribution in [0.25, 0.3) is 5.65 Å². The lowest BCUT2D eigenvalue weighted by Gasteiger charge is -2.20. The quantitative estimate of drug-likeness (QED) is 0.272. The third-order valence-electron chi connectivity index (χ3n) is 8.36. The second-order valence-corrected chi connectivity index (χ2v) is 11.7. The normalized spacial score (nSPS) is 22.1. The predicted molar refractivity (Wildman–Crippen MR) is 157 cm³/mol. The second-order valence-electron chi connectivity index (χ2n) is 11.3. The standard InChI is InChI=1S/C30H33ClN8O/c1-32-22-7-8-38(15-22)26-10-20(18-5-6-18)14-39-16-23(36-29(26)39)13-33-27-12-28(35-17-34-27)37-30(40)25-11-24(25)19-3-2-4-21(31)9-19/h2-4,9-10,12,14,16-18,22,24-25,32H,5-8,11,13,15H2,1H3,(H2,33,34,35,37,40)/t22?,24-,25+/m1/s1. The highest BCUT2D eigenvalue weighted by atomic mass is 35.5. The summed E-state index contributed by atoms with van der Waals surface area (Å²) in [4.78, 5) is 28.9. The summed E-state index contributed by atoms with van der Waals surface area (Å²) in [6, 6.07) is 12.4. The van der Waals surface area contributed by atoms with Gasteiger partial charge in [0.25, 0.3) is 0 Å². The molecule has 1 amide bonds. The molecule has 7 rings (SSSR count). The molecule has 10 heteroatoms. The minimum Gasteiger partial charge on any atom is -0.367 e. The maximum atomic E-state index is 12.8. The van der Waals surface area contributed by atoms with E-state index in [2.05, 4.69) is 53.7 Å². The minimum atomic E-state index is -0.0727. The Morgan fingerprint density at radius 3 is 2.75 bits per heavy atom. The number of anilines is 3. The number of nitrogens with zero attached hydrogens (tertiary/aromatic N) is 5. The molecule has 40 heavy (non-hydrogen) atoms. The summed E-state index contributed by atoms with van der Waals surface area (Å²) >= 11 is 6.12. The van der Waals surface area contributed by atoms with Crippen LogP contribution < -0.4 is 20.9 Å². The number of hydrogen-bond acceptors (Lipinski definition) is 7. The summed E-state index contributed by atoms with van der Waals surface area (Å²) in [5.74, 6) is 1.88. The van der Waals surface area contributed by atoms with Crippen LogP contribution in [0.5, 0.6) is 0 Å². The molecule has 1 aromatic carbocycles. The fourth-order valence-electron chi connectivity index (χ4n) is 5.84. The number of carbonyl (C=O) groups is 1. The zero-order valence-electron chi connectivity index (χ0n) is 22.5. The van der Waals surface area contributed by atoms with Crippen molar-refractivity contribution in [2.24, 2.45) is 5.92 Å². The van der Waals surface area contributed by atoms with Gasteiger partial charge in [0, 0.05) is 48.5 Å². The van der Waals surface area contributed by atoms with E-state index < -0.39 is 0 Å². The Morgan fingerprint density at radius 2 is 1.95 bits per heavy atom. The van der Waals surface area contributed by atoms with Gasteiger partial charge in [-0.25, -0.2) is 15.0 Å². The number of nitrogens with one attached hydrogen (secondary N) is 3. The molecule has 3 fully saturated rings. The van der Waals surface area contributed by atoms with E-state index in [4.69, 9.17) is 16.6 Å². The highest BCUT2D eigenvalue weighted by molar-refractivity contribution is 6.30. The van der Waals surface area contributed by atoms with Crippen LogP contribution in [0.3, 0.4) is 0 Å². The maximum absolute atomic E-state index is 12.8. The molecular formula is C30H33ClN8O. The van der Waals surface area contributed by atoms with E-state index in [1.807, 2.05) is 31.3 Å². The fraction of sp³-hybridized carbons (Fsp3) is 0.400. The van der Waals surface area contributed by atoms with Gasteiger partial charge in [-0.05, 0) is 73.9 Å². The van der Waals surface area contributed by atoms with Crippen LogP contribution in [0.4, 0.5) is 17.3 Å². The number of amides is 1. The van der Waals surface area contributed by atoms with Gasteiger partial charge in [0.2, 0.25) is 5.91 Å². The molecule has 3 aromatic heterocycles. The highest BCUT2D eigenvalue weighted by Crippen LogP contribution is 2.48. The largest absolute Gasteiger partial charge is 0.367 e. The Bertz CT molecular complexity index is 1570. The SMILES string of the molecule is CNC1CCN(c2cc(C3CC3)cn3cc(CNc4cc(NC(=O)[C@H]5C[C@@H]5c5cccc(Cl)c5)ncn4)nc23)C1. The molecule has 0 radical (unpaired) electrons. The first-order chi connectivity index (χ1) is 19.5. The smallest absolute Gasteiger partial charge is 0.229 e. The number of likely N-dealkylation sites (N-methyl/N-ethyl adjacent to an activating group) is 1. The van der Waals surface area contributed by atoms with E-state index in [-0.39, 0.29) is 17.7 Å². The molecule has 0 bridgehead atoms. The summed E-state index contributed by atoms with van der Waals surface area (Å²) in [5.41, 5.74) is 5.65. The molecule has 9 nitrogen and oxygen atoms in total. The average molecular weight is 557 g/mol. The van der Waals surface area contributed by atoms with Crippen LogP contribution in [0, 0.1) is 5.92 Å². The lowest BCUT2D eigenvalue weighted by molar-refractivity contribution is -0.117. The van der Waals surface area contributed by atoms with Crippen LogP contribution in [0.1, 0.15) is 54.3 Å². The zero-order chi connectivity index (χ0) is 27.2. The Morgan fingerprint density at radius 1 is 1.07 bits per heavy atom. The second kappa shape index (κ2) is 10.4. The van der Waals surface area contributed by atoms with Crippen molar-refractivity contribution < 1.29 is 4.79 Å². The Labute approximate surface area is 238 Å². The number of rotatable bonds is 9. The first kappa shape index (κ1) is 25.3. The third-order valence-corrected chi connectivity index (χ3v) is 8.60. The number of fused-ring (bicyclic) bond motifs is 1. The van der Waals surface area contributed by atoms with E-state index in [0.29, 0.717) is 35.2 Å². The third kappa shape index (κ3) is 5.23. The zero-order valence-corrected chi connectivity index (χ0v) is 23.2. The van der Waals surface area contributed by atoms with Gasteiger partial charge in [-0.3, -0.25) is 4.79 Å². The molecule has 2 aliphatic carbocycles. The lowest BCUT2D eigenvalue weighted by Crippen LogP contribution is -2.29. The van der Waals surface area contributed by atoms with Crippen molar-refractivity contribution in [2.45, 2.75) is 50.1 Å². The van der Waals surface area contributed by atoms with Crippen molar-refractivity contribution in [2.75, 3.05) is 35.7 Å². The number of halogens is 1. The number of carbonyl (C=O) groups excluding carboxylic acids is 1. The number of benzene rings is 1. The Balaban J connectivity index is 1.03.